The van der Waals surface area contributed by atoms with Crippen LogP contribution in [0, 0.1) is 11.3 Å². The minimum atomic E-state index is -0.0907. The van der Waals surface area contributed by atoms with Crippen molar-refractivity contribution in [1.82, 2.24) is 4.98 Å². The minimum Gasteiger partial charge on any atom is -0.347 e. The quantitative estimate of drug-likeness (QED) is 0.776. The largest absolute Gasteiger partial charge is 0.347 e. The molecule has 0 bridgehead atoms. The van der Waals surface area contributed by atoms with E-state index in [0.717, 1.165) is 0 Å². The normalized spacial score (nSPS) is 17.9. The van der Waals surface area contributed by atoms with Crippen LogP contribution in [0.2, 0.25) is 0 Å². The van der Waals surface area contributed by atoms with Gasteiger partial charge in [0.25, 0.3) is 0 Å². The van der Waals surface area contributed by atoms with E-state index in [1.54, 1.807) is 6.20 Å². The fourth-order valence-corrected chi connectivity index (χ4v) is 3.17. The average Bonchev–Trinajstić information content (AvgIpc) is 2.77. The van der Waals surface area contributed by atoms with E-state index in [9.17, 15) is 5.26 Å². The predicted molar refractivity (Wildman–Crippen MR) is 93.8 cm³/mol. The van der Waals surface area contributed by atoms with Crippen molar-refractivity contribution in [1.29, 1.82) is 5.26 Å². The first-order chi connectivity index (χ1) is 11.1. The van der Waals surface area contributed by atoms with Crippen LogP contribution < -0.4 is 4.90 Å². The predicted octanol–water partition coefficient (Wildman–Crippen LogP) is 4.30. The van der Waals surface area contributed by atoms with Crippen molar-refractivity contribution >= 4 is 11.3 Å². The first-order valence-corrected chi connectivity index (χ1v) is 7.63. The van der Waals surface area contributed by atoms with Gasteiger partial charge in [-0.25, -0.2) is 0 Å². The molecule has 3 nitrogen and oxygen atoms in total. The summed E-state index contributed by atoms with van der Waals surface area (Å²) in [7, 11) is 2.07. The van der Waals surface area contributed by atoms with E-state index in [4.69, 9.17) is 0 Å². The highest BCUT2D eigenvalue weighted by Gasteiger charge is 2.37. The highest BCUT2D eigenvalue weighted by Crippen LogP contribution is 2.46. The molecular formula is C20H19N3. The number of aromatic nitrogens is 1. The van der Waals surface area contributed by atoms with Gasteiger partial charge in [0.05, 0.1) is 11.3 Å². The van der Waals surface area contributed by atoms with Gasteiger partial charge in [0.1, 0.15) is 6.07 Å². The van der Waals surface area contributed by atoms with Crippen LogP contribution in [-0.2, 0) is 5.41 Å². The lowest BCUT2D eigenvalue weighted by Gasteiger charge is -2.23. The van der Waals surface area contributed by atoms with E-state index >= 15 is 0 Å². The summed E-state index contributed by atoms with van der Waals surface area (Å²) >= 11 is 0. The number of fused-ring (bicyclic) bond motifs is 1. The fraction of sp³-hybridized carbons (Fsp3) is 0.200. The van der Waals surface area contributed by atoms with Crippen LogP contribution in [0.4, 0.5) is 5.69 Å². The monoisotopic (exact) mass is 301 g/mol. The summed E-state index contributed by atoms with van der Waals surface area (Å²) in [5.74, 6) is 0. The Morgan fingerprint density at radius 1 is 1.17 bits per heavy atom. The summed E-state index contributed by atoms with van der Waals surface area (Å²) in [6.07, 6.45) is 5.60. The van der Waals surface area contributed by atoms with E-state index in [1.165, 1.54) is 16.9 Å². The van der Waals surface area contributed by atoms with Crippen molar-refractivity contribution in [2.24, 2.45) is 0 Å². The van der Waals surface area contributed by atoms with Crippen LogP contribution in [0.15, 0.2) is 66.5 Å². The Morgan fingerprint density at radius 2 is 1.91 bits per heavy atom. The summed E-state index contributed by atoms with van der Waals surface area (Å²) in [6.45, 7) is 4.42. The third-order valence-corrected chi connectivity index (χ3v) is 4.41. The van der Waals surface area contributed by atoms with Crippen molar-refractivity contribution < 1.29 is 0 Å². The van der Waals surface area contributed by atoms with Gasteiger partial charge in [0.15, 0.2) is 0 Å². The van der Waals surface area contributed by atoms with Crippen LogP contribution in [0.3, 0.4) is 0 Å². The van der Waals surface area contributed by atoms with Gasteiger partial charge in [0, 0.05) is 30.0 Å². The third kappa shape index (κ3) is 2.53. The van der Waals surface area contributed by atoms with Gasteiger partial charge < -0.3 is 4.90 Å². The summed E-state index contributed by atoms with van der Waals surface area (Å²) in [4.78, 5) is 6.45. The van der Waals surface area contributed by atoms with Crippen LogP contribution in [-0.4, -0.2) is 12.0 Å². The maximum Gasteiger partial charge on any atom is 0.101 e. The number of nitrogens with zero attached hydrogens (tertiary/aromatic N) is 3. The summed E-state index contributed by atoms with van der Waals surface area (Å²) in [5.41, 5.74) is 4.86. The number of pyridine rings is 1. The maximum absolute atomic E-state index is 9.42. The Hall–Kier alpha value is -2.86. The molecule has 2 heterocycles. The SMILES string of the molecule is CN1C(=CC=C(C#N)c2ccccn2)C(C)(C)c2ccccc21. The van der Waals surface area contributed by atoms with Crippen molar-refractivity contribution in [3.05, 3.63) is 77.8 Å². The molecule has 0 aliphatic carbocycles. The molecule has 0 atom stereocenters. The molecule has 0 N–H and O–H groups in total. The van der Waals surface area contributed by atoms with E-state index in [2.05, 4.69) is 61.1 Å². The second-order valence-corrected chi connectivity index (χ2v) is 6.16. The molecule has 0 radical (unpaired) electrons. The molecule has 23 heavy (non-hydrogen) atoms. The number of para-hydroxylation sites is 1. The van der Waals surface area contributed by atoms with Crippen LogP contribution in [0.5, 0.6) is 0 Å². The number of benzene rings is 1. The van der Waals surface area contributed by atoms with Gasteiger partial charge in [0.2, 0.25) is 0 Å². The molecular weight excluding hydrogens is 282 g/mol. The molecule has 1 aliphatic heterocycles. The fourth-order valence-electron chi connectivity index (χ4n) is 3.17. The molecule has 0 fully saturated rings. The van der Waals surface area contributed by atoms with Crippen LogP contribution in [0.25, 0.3) is 5.57 Å². The van der Waals surface area contributed by atoms with Crippen molar-refractivity contribution in [3.8, 4) is 6.07 Å². The highest BCUT2D eigenvalue weighted by atomic mass is 15.2. The Labute approximate surface area is 137 Å². The lowest BCUT2D eigenvalue weighted by atomic mass is 9.83. The summed E-state index contributed by atoms with van der Waals surface area (Å²) in [6, 6.07) is 16.3. The number of hydrogen-bond donors (Lipinski definition) is 0. The van der Waals surface area contributed by atoms with Crippen LogP contribution in [0.1, 0.15) is 25.1 Å². The number of hydrogen-bond acceptors (Lipinski definition) is 3. The summed E-state index contributed by atoms with van der Waals surface area (Å²) < 4.78 is 0. The van der Waals surface area contributed by atoms with Crippen molar-refractivity contribution in [2.75, 3.05) is 11.9 Å². The zero-order chi connectivity index (χ0) is 16.4. The van der Waals surface area contributed by atoms with Gasteiger partial charge in [-0.15, -0.1) is 0 Å². The standard InChI is InChI=1S/C20H19N3/c1-20(2)16-8-4-5-10-18(16)23(3)19(20)12-11-15(14-21)17-9-6-7-13-22-17/h4-13H,1-3H3. The van der Waals surface area contributed by atoms with E-state index in [1.807, 2.05) is 30.4 Å². The van der Waals surface area contributed by atoms with E-state index < -0.39 is 0 Å². The Balaban J connectivity index is 2.04. The van der Waals surface area contributed by atoms with Gasteiger partial charge in [-0.2, -0.15) is 5.26 Å². The first-order valence-electron chi connectivity index (χ1n) is 7.63. The number of nitriles is 1. The van der Waals surface area contributed by atoms with Gasteiger partial charge in [-0.05, 0) is 35.9 Å². The molecule has 114 valence electrons. The second-order valence-electron chi connectivity index (χ2n) is 6.16. The van der Waals surface area contributed by atoms with E-state index in [0.29, 0.717) is 11.3 Å². The molecule has 1 aromatic heterocycles. The molecule has 0 saturated heterocycles. The zero-order valence-corrected chi connectivity index (χ0v) is 13.6. The average molecular weight is 301 g/mol. The van der Waals surface area contributed by atoms with Crippen molar-refractivity contribution in [3.63, 3.8) is 0 Å². The molecule has 0 spiro atoms. The number of allylic oxidation sites excluding steroid dienone is 4. The Morgan fingerprint density at radius 3 is 2.57 bits per heavy atom. The number of rotatable bonds is 2. The lowest BCUT2D eigenvalue weighted by molar-refractivity contribution is 0.640. The number of likely N-dealkylation sites (N-methyl/N-ethyl adjacent to an activating group) is 1. The molecule has 0 amide bonds. The third-order valence-electron chi connectivity index (χ3n) is 4.41. The molecule has 0 unspecified atom stereocenters. The van der Waals surface area contributed by atoms with Gasteiger partial charge >= 0.3 is 0 Å². The van der Waals surface area contributed by atoms with Crippen LogP contribution >= 0.6 is 0 Å². The zero-order valence-electron chi connectivity index (χ0n) is 13.6. The second kappa shape index (κ2) is 5.73. The highest BCUT2D eigenvalue weighted by molar-refractivity contribution is 5.77. The minimum absolute atomic E-state index is 0.0907. The molecule has 1 aromatic carbocycles. The summed E-state index contributed by atoms with van der Waals surface area (Å²) in [5, 5.41) is 9.42. The molecule has 1 aliphatic rings. The Kier molecular flexibility index (Phi) is 3.75. The van der Waals surface area contributed by atoms with Gasteiger partial charge in [-0.1, -0.05) is 38.1 Å². The maximum atomic E-state index is 9.42. The molecule has 0 saturated carbocycles. The Bertz CT molecular complexity index is 823. The van der Waals surface area contributed by atoms with E-state index in [-0.39, 0.29) is 5.41 Å². The van der Waals surface area contributed by atoms with Crippen molar-refractivity contribution in [2.45, 2.75) is 19.3 Å². The lowest BCUT2D eigenvalue weighted by Crippen LogP contribution is -2.22. The number of anilines is 1. The first kappa shape index (κ1) is 15.1. The van der Waals surface area contributed by atoms with Gasteiger partial charge in [-0.3, -0.25) is 4.98 Å². The topological polar surface area (TPSA) is 39.9 Å². The molecule has 3 heteroatoms. The molecule has 2 aromatic rings. The smallest absolute Gasteiger partial charge is 0.101 e. The molecule has 3 rings (SSSR count).